The molecule has 1 fully saturated rings. The molecule has 0 radical (unpaired) electrons. The standard InChI is InChI=1S/C21H32N4O3/c1-13(2)19(26)22-17-7-6-15(5)18(12-17)24-21(28)23-16-8-10-25(11-9-16)20(27)14(3)4/h6-7,12-14,16H,8-11H2,1-5H3,(H,22,26)(H2,23,24,28). The Bertz CT molecular complexity index is 722. The minimum Gasteiger partial charge on any atom is -0.342 e. The molecule has 0 unspecified atom stereocenters. The van der Waals surface area contributed by atoms with Gasteiger partial charge in [-0.25, -0.2) is 4.79 Å². The molecule has 1 heterocycles. The molecule has 1 saturated heterocycles. The van der Waals surface area contributed by atoms with E-state index in [0.717, 1.165) is 18.4 Å². The van der Waals surface area contributed by atoms with E-state index >= 15 is 0 Å². The van der Waals surface area contributed by atoms with Crippen LogP contribution in [-0.2, 0) is 9.59 Å². The van der Waals surface area contributed by atoms with Crippen LogP contribution in [0.15, 0.2) is 18.2 Å². The van der Waals surface area contributed by atoms with Crippen LogP contribution in [-0.4, -0.2) is 41.9 Å². The van der Waals surface area contributed by atoms with Crippen molar-refractivity contribution in [3.8, 4) is 0 Å². The van der Waals surface area contributed by atoms with Crippen molar-refractivity contribution in [1.29, 1.82) is 0 Å². The predicted molar refractivity (Wildman–Crippen MR) is 111 cm³/mol. The van der Waals surface area contributed by atoms with E-state index in [-0.39, 0.29) is 35.7 Å². The molecule has 0 saturated carbocycles. The van der Waals surface area contributed by atoms with Crippen molar-refractivity contribution in [2.24, 2.45) is 11.8 Å². The summed E-state index contributed by atoms with van der Waals surface area (Å²) in [5.74, 6) is -0.0190. The smallest absolute Gasteiger partial charge is 0.319 e. The van der Waals surface area contributed by atoms with E-state index in [2.05, 4.69) is 16.0 Å². The Hall–Kier alpha value is -2.57. The van der Waals surface area contributed by atoms with Gasteiger partial charge in [-0.15, -0.1) is 0 Å². The van der Waals surface area contributed by atoms with Gasteiger partial charge in [0, 0.05) is 42.3 Å². The van der Waals surface area contributed by atoms with E-state index in [1.807, 2.05) is 51.7 Å². The number of carbonyl (C=O) groups excluding carboxylic acids is 3. The highest BCUT2D eigenvalue weighted by Gasteiger charge is 2.25. The number of aryl methyl sites for hydroxylation is 1. The highest BCUT2D eigenvalue weighted by Crippen LogP contribution is 2.21. The van der Waals surface area contributed by atoms with E-state index in [4.69, 9.17) is 0 Å². The van der Waals surface area contributed by atoms with Crippen LogP contribution >= 0.6 is 0 Å². The van der Waals surface area contributed by atoms with Crippen molar-refractivity contribution in [3.63, 3.8) is 0 Å². The molecule has 1 aromatic carbocycles. The summed E-state index contributed by atoms with van der Waals surface area (Å²) in [4.78, 5) is 38.2. The molecule has 0 atom stereocenters. The summed E-state index contributed by atoms with van der Waals surface area (Å²) in [5.41, 5.74) is 2.22. The first-order valence-electron chi connectivity index (χ1n) is 9.95. The summed E-state index contributed by atoms with van der Waals surface area (Å²) in [5, 5.41) is 8.70. The Kier molecular flexibility index (Phi) is 7.43. The van der Waals surface area contributed by atoms with E-state index < -0.39 is 0 Å². The summed E-state index contributed by atoms with van der Waals surface area (Å²) in [7, 11) is 0. The second kappa shape index (κ2) is 9.57. The normalized spacial score (nSPS) is 14.9. The number of nitrogens with zero attached hydrogens (tertiary/aromatic N) is 1. The van der Waals surface area contributed by atoms with Crippen LogP contribution in [0.4, 0.5) is 16.2 Å². The second-order valence-electron chi connectivity index (χ2n) is 8.03. The Morgan fingerprint density at radius 2 is 1.64 bits per heavy atom. The Balaban J connectivity index is 1.89. The van der Waals surface area contributed by atoms with Crippen LogP contribution in [0.3, 0.4) is 0 Å². The third-order valence-corrected chi connectivity index (χ3v) is 4.91. The molecular formula is C21H32N4O3. The number of rotatable bonds is 5. The number of urea groups is 1. The zero-order valence-electron chi connectivity index (χ0n) is 17.5. The predicted octanol–water partition coefficient (Wildman–Crippen LogP) is 3.36. The SMILES string of the molecule is Cc1ccc(NC(=O)C(C)C)cc1NC(=O)NC1CCN(C(=O)C(C)C)CC1. The maximum Gasteiger partial charge on any atom is 0.319 e. The molecule has 0 aromatic heterocycles. The average Bonchev–Trinajstić information content (AvgIpc) is 2.64. The number of anilines is 2. The quantitative estimate of drug-likeness (QED) is 0.722. The molecule has 154 valence electrons. The molecule has 7 heteroatoms. The third-order valence-electron chi connectivity index (χ3n) is 4.91. The monoisotopic (exact) mass is 388 g/mol. The van der Waals surface area contributed by atoms with E-state index in [0.29, 0.717) is 24.5 Å². The number of hydrogen-bond donors (Lipinski definition) is 3. The van der Waals surface area contributed by atoms with Gasteiger partial charge in [-0.1, -0.05) is 33.8 Å². The zero-order chi connectivity index (χ0) is 20.8. The summed E-state index contributed by atoms with van der Waals surface area (Å²) in [6.07, 6.45) is 1.49. The first-order chi connectivity index (χ1) is 13.2. The molecule has 1 aromatic rings. The van der Waals surface area contributed by atoms with Crippen LogP contribution in [0.1, 0.15) is 46.1 Å². The van der Waals surface area contributed by atoms with Gasteiger partial charge in [0.15, 0.2) is 0 Å². The molecule has 3 N–H and O–H groups in total. The van der Waals surface area contributed by atoms with E-state index in [1.54, 1.807) is 6.07 Å². The highest BCUT2D eigenvalue weighted by atomic mass is 16.2. The molecule has 1 aliphatic rings. The largest absolute Gasteiger partial charge is 0.342 e. The minimum atomic E-state index is -0.274. The lowest BCUT2D eigenvalue weighted by Gasteiger charge is -2.33. The number of amides is 4. The molecule has 0 bridgehead atoms. The molecule has 0 aliphatic carbocycles. The van der Waals surface area contributed by atoms with Gasteiger partial charge < -0.3 is 20.9 Å². The Morgan fingerprint density at radius 1 is 1.00 bits per heavy atom. The molecule has 4 amide bonds. The Morgan fingerprint density at radius 3 is 2.21 bits per heavy atom. The van der Waals surface area contributed by atoms with Crippen molar-refractivity contribution in [3.05, 3.63) is 23.8 Å². The number of piperidine rings is 1. The number of nitrogens with one attached hydrogen (secondary N) is 3. The number of carbonyl (C=O) groups is 3. The van der Waals surface area contributed by atoms with Gasteiger partial charge >= 0.3 is 6.03 Å². The van der Waals surface area contributed by atoms with Gasteiger partial charge in [0.1, 0.15) is 0 Å². The molecule has 1 aliphatic heterocycles. The van der Waals surface area contributed by atoms with Crippen LogP contribution in [0.5, 0.6) is 0 Å². The maximum absolute atomic E-state index is 12.4. The van der Waals surface area contributed by atoms with Crippen LogP contribution in [0, 0.1) is 18.8 Å². The first-order valence-corrected chi connectivity index (χ1v) is 9.95. The topological polar surface area (TPSA) is 90.5 Å². The van der Waals surface area contributed by atoms with E-state index in [9.17, 15) is 14.4 Å². The van der Waals surface area contributed by atoms with Crippen molar-refractivity contribution >= 4 is 29.2 Å². The van der Waals surface area contributed by atoms with Crippen LogP contribution in [0.2, 0.25) is 0 Å². The molecule has 2 rings (SSSR count). The first kappa shape index (κ1) is 21.7. The minimum absolute atomic E-state index is 0.000698. The lowest BCUT2D eigenvalue weighted by molar-refractivity contribution is -0.135. The maximum atomic E-state index is 12.4. The summed E-state index contributed by atoms with van der Waals surface area (Å²) in [6, 6.07) is 5.21. The number of hydrogen-bond acceptors (Lipinski definition) is 3. The van der Waals surface area contributed by atoms with Crippen LogP contribution in [0.25, 0.3) is 0 Å². The number of likely N-dealkylation sites (tertiary alicyclic amines) is 1. The lowest BCUT2D eigenvalue weighted by Crippen LogP contribution is -2.48. The Labute approximate surface area is 167 Å². The highest BCUT2D eigenvalue weighted by molar-refractivity contribution is 5.95. The van der Waals surface area contributed by atoms with Gasteiger partial charge in [0.05, 0.1) is 0 Å². The fourth-order valence-corrected chi connectivity index (χ4v) is 3.07. The van der Waals surface area contributed by atoms with Crippen molar-refractivity contribution in [1.82, 2.24) is 10.2 Å². The van der Waals surface area contributed by atoms with Crippen molar-refractivity contribution in [2.75, 3.05) is 23.7 Å². The molecule has 0 spiro atoms. The van der Waals surface area contributed by atoms with Gasteiger partial charge in [0.2, 0.25) is 11.8 Å². The van der Waals surface area contributed by atoms with Gasteiger partial charge in [-0.3, -0.25) is 9.59 Å². The van der Waals surface area contributed by atoms with Crippen LogP contribution < -0.4 is 16.0 Å². The van der Waals surface area contributed by atoms with Crippen molar-refractivity contribution in [2.45, 2.75) is 53.5 Å². The third kappa shape index (κ3) is 5.97. The zero-order valence-corrected chi connectivity index (χ0v) is 17.5. The molecular weight excluding hydrogens is 356 g/mol. The van der Waals surface area contributed by atoms with Gasteiger partial charge in [-0.05, 0) is 37.5 Å². The number of benzene rings is 1. The fourth-order valence-electron chi connectivity index (χ4n) is 3.07. The lowest BCUT2D eigenvalue weighted by atomic mass is 10.0. The fraction of sp³-hybridized carbons (Fsp3) is 0.571. The molecule has 28 heavy (non-hydrogen) atoms. The summed E-state index contributed by atoms with van der Waals surface area (Å²) in [6.45, 7) is 10.7. The molecule has 7 nitrogen and oxygen atoms in total. The average molecular weight is 389 g/mol. The van der Waals surface area contributed by atoms with Gasteiger partial charge in [-0.2, -0.15) is 0 Å². The summed E-state index contributed by atoms with van der Waals surface area (Å²) < 4.78 is 0. The summed E-state index contributed by atoms with van der Waals surface area (Å²) >= 11 is 0. The van der Waals surface area contributed by atoms with Crippen molar-refractivity contribution < 1.29 is 14.4 Å². The second-order valence-corrected chi connectivity index (χ2v) is 8.03. The van der Waals surface area contributed by atoms with Gasteiger partial charge in [0.25, 0.3) is 0 Å². The van der Waals surface area contributed by atoms with E-state index in [1.165, 1.54) is 0 Å².